The molecule has 0 spiro atoms. The molecule has 0 atom stereocenters. The average Bonchev–Trinajstić information content (AvgIpc) is 2.46. The molecule has 2 aromatic heterocycles. The summed E-state index contributed by atoms with van der Waals surface area (Å²) in [6, 6.07) is 6.34. The summed E-state index contributed by atoms with van der Waals surface area (Å²) in [6.07, 6.45) is 5.36. The molecule has 0 amide bonds. The van der Waals surface area contributed by atoms with Crippen LogP contribution in [0.4, 0.5) is 11.5 Å². The van der Waals surface area contributed by atoms with Crippen LogP contribution in [0.3, 0.4) is 0 Å². The quantitative estimate of drug-likeness (QED) is 0.851. The zero-order valence-electron chi connectivity index (χ0n) is 11.1. The average molecular weight is 292 g/mol. The summed E-state index contributed by atoms with van der Waals surface area (Å²) in [4.78, 5) is 8.04. The van der Waals surface area contributed by atoms with Gasteiger partial charge in [0.05, 0.1) is 5.69 Å². The molecule has 0 unspecified atom stereocenters. The standard InChI is InChI=1S/C13H16N4O2S/c1-2-7-15-13-4-3-12(10-16-13)20(18,19)17-11-5-8-14-9-6-11/h3-6,8-10H,2,7H2,1H3,(H,14,17)(H,15,16). The smallest absolute Gasteiger partial charge is 0.263 e. The zero-order valence-corrected chi connectivity index (χ0v) is 11.9. The number of hydrogen-bond donors (Lipinski definition) is 2. The number of rotatable bonds is 6. The van der Waals surface area contributed by atoms with Crippen molar-refractivity contribution in [1.82, 2.24) is 9.97 Å². The number of hydrogen-bond acceptors (Lipinski definition) is 5. The largest absolute Gasteiger partial charge is 0.370 e. The lowest BCUT2D eigenvalue weighted by atomic mass is 10.4. The predicted octanol–water partition coefficient (Wildman–Crippen LogP) is 2.10. The van der Waals surface area contributed by atoms with Crippen molar-refractivity contribution < 1.29 is 8.42 Å². The van der Waals surface area contributed by atoms with Crippen molar-refractivity contribution in [2.24, 2.45) is 0 Å². The van der Waals surface area contributed by atoms with Gasteiger partial charge in [0, 0.05) is 25.1 Å². The second-order valence-electron chi connectivity index (χ2n) is 4.15. The first-order valence-corrected chi connectivity index (χ1v) is 7.73. The maximum atomic E-state index is 12.1. The van der Waals surface area contributed by atoms with Gasteiger partial charge in [0.1, 0.15) is 10.7 Å². The van der Waals surface area contributed by atoms with Gasteiger partial charge >= 0.3 is 0 Å². The normalized spacial score (nSPS) is 11.1. The van der Waals surface area contributed by atoms with E-state index in [4.69, 9.17) is 0 Å². The number of sulfonamides is 1. The van der Waals surface area contributed by atoms with Crippen LogP contribution < -0.4 is 10.0 Å². The molecular formula is C13H16N4O2S. The summed E-state index contributed by atoms with van der Waals surface area (Å²) in [6.45, 7) is 2.85. The van der Waals surface area contributed by atoms with Crippen LogP contribution in [0.15, 0.2) is 47.8 Å². The first-order valence-electron chi connectivity index (χ1n) is 6.24. The van der Waals surface area contributed by atoms with E-state index in [1.165, 1.54) is 24.7 Å². The minimum Gasteiger partial charge on any atom is -0.370 e. The molecule has 0 aromatic carbocycles. The summed E-state index contributed by atoms with van der Waals surface area (Å²) in [5.41, 5.74) is 0.466. The molecule has 0 saturated carbocycles. The molecule has 0 bridgehead atoms. The van der Waals surface area contributed by atoms with Gasteiger partial charge in [-0.1, -0.05) is 6.92 Å². The highest BCUT2D eigenvalue weighted by molar-refractivity contribution is 7.92. The van der Waals surface area contributed by atoms with Crippen molar-refractivity contribution in [2.45, 2.75) is 18.2 Å². The maximum Gasteiger partial charge on any atom is 0.263 e. The Bertz CT molecular complexity index is 642. The Kier molecular flexibility index (Phi) is 4.52. The summed E-state index contributed by atoms with van der Waals surface area (Å²) in [5.74, 6) is 0.662. The number of pyridine rings is 2. The van der Waals surface area contributed by atoms with Gasteiger partial charge in [-0.05, 0) is 30.7 Å². The Morgan fingerprint density at radius 2 is 1.90 bits per heavy atom. The highest BCUT2D eigenvalue weighted by Crippen LogP contribution is 2.15. The molecule has 0 aliphatic carbocycles. The first kappa shape index (κ1) is 14.3. The molecule has 0 radical (unpaired) electrons. The molecule has 6 nitrogen and oxygen atoms in total. The summed E-state index contributed by atoms with van der Waals surface area (Å²) in [5, 5.41) is 3.09. The second-order valence-corrected chi connectivity index (χ2v) is 5.83. The fourth-order valence-corrected chi connectivity index (χ4v) is 2.53. The summed E-state index contributed by atoms with van der Waals surface area (Å²) < 4.78 is 26.7. The Labute approximate surface area is 118 Å². The van der Waals surface area contributed by atoms with E-state index >= 15 is 0 Å². The van der Waals surface area contributed by atoms with E-state index in [2.05, 4.69) is 20.0 Å². The molecule has 0 aliphatic heterocycles. The van der Waals surface area contributed by atoms with Crippen molar-refractivity contribution in [2.75, 3.05) is 16.6 Å². The molecule has 0 saturated heterocycles. The van der Waals surface area contributed by atoms with Crippen molar-refractivity contribution in [1.29, 1.82) is 0 Å². The molecule has 0 aliphatic rings. The molecular weight excluding hydrogens is 276 g/mol. The summed E-state index contributed by atoms with van der Waals surface area (Å²) in [7, 11) is -3.62. The highest BCUT2D eigenvalue weighted by Gasteiger charge is 2.14. The van der Waals surface area contributed by atoms with E-state index in [1.807, 2.05) is 6.92 Å². The van der Waals surface area contributed by atoms with E-state index < -0.39 is 10.0 Å². The lowest BCUT2D eigenvalue weighted by Gasteiger charge is -2.08. The van der Waals surface area contributed by atoms with E-state index in [0.29, 0.717) is 11.5 Å². The van der Waals surface area contributed by atoms with E-state index in [1.54, 1.807) is 18.2 Å². The Hall–Kier alpha value is -2.15. The van der Waals surface area contributed by atoms with Crippen LogP contribution in [-0.4, -0.2) is 24.9 Å². The van der Waals surface area contributed by atoms with Gasteiger partial charge in [0.15, 0.2) is 0 Å². The van der Waals surface area contributed by atoms with Gasteiger partial charge in [0.2, 0.25) is 0 Å². The van der Waals surface area contributed by atoms with Crippen LogP contribution >= 0.6 is 0 Å². The third kappa shape index (κ3) is 3.67. The third-order valence-corrected chi connectivity index (χ3v) is 3.90. The van der Waals surface area contributed by atoms with Crippen LogP contribution in [0.1, 0.15) is 13.3 Å². The molecule has 106 valence electrons. The summed E-state index contributed by atoms with van der Waals surface area (Å²) >= 11 is 0. The predicted molar refractivity (Wildman–Crippen MR) is 78.1 cm³/mol. The lowest BCUT2D eigenvalue weighted by Crippen LogP contribution is -2.13. The number of nitrogens with one attached hydrogen (secondary N) is 2. The van der Waals surface area contributed by atoms with Crippen molar-refractivity contribution in [3.63, 3.8) is 0 Å². The maximum absolute atomic E-state index is 12.1. The van der Waals surface area contributed by atoms with Crippen LogP contribution in [0.5, 0.6) is 0 Å². The van der Waals surface area contributed by atoms with Gasteiger partial charge in [-0.15, -0.1) is 0 Å². The minimum atomic E-state index is -3.62. The van der Waals surface area contributed by atoms with E-state index in [9.17, 15) is 8.42 Å². The van der Waals surface area contributed by atoms with Gasteiger partial charge in [-0.25, -0.2) is 13.4 Å². The monoisotopic (exact) mass is 292 g/mol. The lowest BCUT2D eigenvalue weighted by molar-refractivity contribution is 0.601. The van der Waals surface area contributed by atoms with Crippen molar-refractivity contribution in [3.8, 4) is 0 Å². The number of nitrogens with zero attached hydrogens (tertiary/aromatic N) is 2. The highest BCUT2D eigenvalue weighted by atomic mass is 32.2. The SMILES string of the molecule is CCCNc1ccc(S(=O)(=O)Nc2ccncc2)cn1. The first-order chi connectivity index (χ1) is 9.62. The third-order valence-electron chi connectivity index (χ3n) is 2.54. The molecule has 2 rings (SSSR count). The zero-order chi connectivity index (χ0) is 14.4. The Morgan fingerprint density at radius 1 is 1.15 bits per heavy atom. The van der Waals surface area contributed by atoms with Crippen LogP contribution in [0, 0.1) is 0 Å². The van der Waals surface area contributed by atoms with E-state index in [0.717, 1.165) is 13.0 Å². The molecule has 20 heavy (non-hydrogen) atoms. The van der Waals surface area contributed by atoms with Crippen molar-refractivity contribution in [3.05, 3.63) is 42.9 Å². The van der Waals surface area contributed by atoms with Crippen LogP contribution in [-0.2, 0) is 10.0 Å². The second kappa shape index (κ2) is 6.33. The van der Waals surface area contributed by atoms with E-state index in [-0.39, 0.29) is 4.90 Å². The Balaban J connectivity index is 2.13. The Morgan fingerprint density at radius 3 is 2.50 bits per heavy atom. The van der Waals surface area contributed by atoms with Gasteiger partial charge in [-0.2, -0.15) is 0 Å². The van der Waals surface area contributed by atoms with Gasteiger partial charge < -0.3 is 5.32 Å². The van der Waals surface area contributed by atoms with Crippen molar-refractivity contribution >= 4 is 21.5 Å². The van der Waals surface area contributed by atoms with Gasteiger partial charge in [0.25, 0.3) is 10.0 Å². The minimum absolute atomic E-state index is 0.122. The molecule has 2 N–H and O–H groups in total. The van der Waals surface area contributed by atoms with Gasteiger partial charge in [-0.3, -0.25) is 9.71 Å². The number of aromatic nitrogens is 2. The fraction of sp³-hybridized carbons (Fsp3) is 0.231. The molecule has 7 heteroatoms. The van der Waals surface area contributed by atoms with Crippen LogP contribution in [0.25, 0.3) is 0 Å². The number of anilines is 2. The molecule has 0 fully saturated rings. The topological polar surface area (TPSA) is 84.0 Å². The molecule has 2 aromatic rings. The van der Waals surface area contributed by atoms with Crippen LogP contribution in [0.2, 0.25) is 0 Å². The fourth-order valence-electron chi connectivity index (χ4n) is 1.53. The molecule has 2 heterocycles.